The Hall–Kier alpha value is -0.700. The van der Waals surface area contributed by atoms with E-state index in [4.69, 9.17) is 0 Å². The molecule has 0 atom stereocenters. The van der Waals surface area contributed by atoms with Crippen molar-refractivity contribution in [2.24, 2.45) is 4.99 Å². The predicted octanol–water partition coefficient (Wildman–Crippen LogP) is 1.82. The highest BCUT2D eigenvalue weighted by atomic mass is 16.1. The molecule has 0 spiro atoms. The molecule has 0 fully saturated rings. The maximum Gasteiger partial charge on any atom is 0.129 e. The van der Waals surface area contributed by atoms with Crippen LogP contribution in [-0.4, -0.2) is 31.6 Å². The van der Waals surface area contributed by atoms with Crippen LogP contribution in [0.1, 0.15) is 39.5 Å². The summed E-state index contributed by atoms with van der Waals surface area (Å²) in [4.78, 5) is 14.7. The smallest absolute Gasteiger partial charge is 0.129 e. The number of aliphatic imine (C=N–C) groups is 1. The zero-order valence-electron chi connectivity index (χ0n) is 9.60. The summed E-state index contributed by atoms with van der Waals surface area (Å²) in [5, 5.41) is 3.31. The van der Waals surface area contributed by atoms with Gasteiger partial charge in [0.2, 0.25) is 0 Å². The lowest BCUT2D eigenvalue weighted by Crippen LogP contribution is -2.22. The van der Waals surface area contributed by atoms with Gasteiger partial charge in [0.25, 0.3) is 0 Å². The van der Waals surface area contributed by atoms with Crippen LogP contribution in [0.5, 0.6) is 0 Å². The monoisotopic (exact) mass is 198 g/mol. The summed E-state index contributed by atoms with van der Waals surface area (Å²) in [5.74, 6) is 0.298. The molecule has 0 aromatic rings. The molecule has 0 aliphatic carbocycles. The molecule has 0 aromatic heterocycles. The number of ketones is 1. The van der Waals surface area contributed by atoms with Crippen molar-refractivity contribution < 1.29 is 4.79 Å². The Kier molecular flexibility index (Phi) is 8.43. The minimum absolute atomic E-state index is 0.298. The number of carbonyl (C=O) groups is 1. The molecule has 0 rings (SSSR count). The Morgan fingerprint density at radius 2 is 1.93 bits per heavy atom. The molecule has 0 bridgehead atoms. The first-order valence-electron chi connectivity index (χ1n) is 5.29. The van der Waals surface area contributed by atoms with Gasteiger partial charge in [-0.05, 0) is 33.2 Å². The number of nitrogens with one attached hydrogen (secondary N) is 1. The second kappa shape index (κ2) is 8.88. The second-order valence-corrected chi connectivity index (χ2v) is 3.65. The van der Waals surface area contributed by atoms with Crippen LogP contribution in [0, 0.1) is 0 Å². The SMILES string of the molecule is CN=C(C)CNCCCCCC(C)=O. The van der Waals surface area contributed by atoms with Crippen LogP contribution in [0.15, 0.2) is 4.99 Å². The highest BCUT2D eigenvalue weighted by molar-refractivity contribution is 5.83. The van der Waals surface area contributed by atoms with Crippen molar-refractivity contribution in [2.75, 3.05) is 20.1 Å². The topological polar surface area (TPSA) is 41.5 Å². The first-order chi connectivity index (χ1) is 6.66. The van der Waals surface area contributed by atoms with E-state index in [1.807, 2.05) is 14.0 Å². The lowest BCUT2D eigenvalue weighted by Gasteiger charge is -2.03. The van der Waals surface area contributed by atoms with Gasteiger partial charge < -0.3 is 10.1 Å². The highest BCUT2D eigenvalue weighted by Gasteiger charge is 1.94. The summed E-state index contributed by atoms with van der Waals surface area (Å²) in [6, 6.07) is 0. The van der Waals surface area contributed by atoms with Gasteiger partial charge in [0.1, 0.15) is 5.78 Å². The van der Waals surface area contributed by atoms with E-state index in [-0.39, 0.29) is 0 Å². The predicted molar refractivity (Wildman–Crippen MR) is 61.1 cm³/mol. The van der Waals surface area contributed by atoms with E-state index < -0.39 is 0 Å². The van der Waals surface area contributed by atoms with E-state index in [0.29, 0.717) is 5.78 Å². The van der Waals surface area contributed by atoms with Crippen molar-refractivity contribution in [3.05, 3.63) is 0 Å². The van der Waals surface area contributed by atoms with Crippen molar-refractivity contribution in [3.8, 4) is 0 Å². The molecule has 0 heterocycles. The van der Waals surface area contributed by atoms with Crippen LogP contribution >= 0.6 is 0 Å². The van der Waals surface area contributed by atoms with E-state index in [9.17, 15) is 4.79 Å². The van der Waals surface area contributed by atoms with E-state index in [2.05, 4.69) is 10.3 Å². The summed E-state index contributed by atoms with van der Waals surface area (Å²) >= 11 is 0. The standard InChI is InChI=1S/C11H22N2O/c1-10(12-3)9-13-8-6-4-5-7-11(2)14/h13H,4-9H2,1-3H3. The van der Waals surface area contributed by atoms with Gasteiger partial charge in [-0.2, -0.15) is 0 Å². The maximum absolute atomic E-state index is 10.6. The van der Waals surface area contributed by atoms with Gasteiger partial charge in [-0.15, -0.1) is 0 Å². The Morgan fingerprint density at radius 3 is 2.50 bits per heavy atom. The Balaban J connectivity index is 3.10. The molecule has 0 unspecified atom stereocenters. The molecule has 0 saturated heterocycles. The molecule has 0 saturated carbocycles. The fourth-order valence-electron chi connectivity index (χ4n) is 1.15. The molecule has 3 heteroatoms. The third kappa shape index (κ3) is 9.39. The molecule has 0 radical (unpaired) electrons. The number of unbranched alkanes of at least 4 members (excludes halogenated alkanes) is 2. The lowest BCUT2D eigenvalue weighted by atomic mass is 10.1. The summed E-state index contributed by atoms with van der Waals surface area (Å²) < 4.78 is 0. The van der Waals surface area contributed by atoms with E-state index in [0.717, 1.165) is 44.5 Å². The van der Waals surface area contributed by atoms with Crippen LogP contribution in [0.25, 0.3) is 0 Å². The van der Waals surface area contributed by atoms with Crippen LogP contribution in [0.4, 0.5) is 0 Å². The number of rotatable bonds is 8. The van der Waals surface area contributed by atoms with Crippen molar-refractivity contribution in [2.45, 2.75) is 39.5 Å². The van der Waals surface area contributed by atoms with Crippen LogP contribution in [0.2, 0.25) is 0 Å². The number of carbonyl (C=O) groups excluding carboxylic acids is 1. The van der Waals surface area contributed by atoms with Gasteiger partial charge in [0.05, 0.1) is 0 Å². The van der Waals surface area contributed by atoms with Crippen LogP contribution < -0.4 is 5.32 Å². The van der Waals surface area contributed by atoms with Gasteiger partial charge in [-0.1, -0.05) is 6.42 Å². The summed E-state index contributed by atoms with van der Waals surface area (Å²) in [7, 11) is 1.81. The largest absolute Gasteiger partial charge is 0.311 e. The maximum atomic E-state index is 10.6. The third-order valence-corrected chi connectivity index (χ3v) is 2.14. The fraction of sp³-hybridized carbons (Fsp3) is 0.818. The quantitative estimate of drug-likeness (QED) is 0.477. The Morgan fingerprint density at radius 1 is 1.21 bits per heavy atom. The fourth-order valence-corrected chi connectivity index (χ4v) is 1.15. The average Bonchev–Trinajstić information content (AvgIpc) is 2.15. The molecule has 0 aromatic carbocycles. The average molecular weight is 198 g/mol. The minimum atomic E-state index is 0.298. The van der Waals surface area contributed by atoms with Gasteiger partial charge in [0, 0.05) is 25.7 Å². The molecule has 1 N–H and O–H groups in total. The van der Waals surface area contributed by atoms with Gasteiger partial charge in [-0.3, -0.25) is 4.99 Å². The number of hydrogen-bond acceptors (Lipinski definition) is 3. The Bertz CT molecular complexity index is 188. The highest BCUT2D eigenvalue weighted by Crippen LogP contribution is 1.98. The van der Waals surface area contributed by atoms with Gasteiger partial charge in [-0.25, -0.2) is 0 Å². The van der Waals surface area contributed by atoms with Crippen molar-refractivity contribution in [1.29, 1.82) is 0 Å². The molecular formula is C11H22N2O. The van der Waals surface area contributed by atoms with E-state index in [1.54, 1.807) is 6.92 Å². The zero-order chi connectivity index (χ0) is 10.8. The van der Waals surface area contributed by atoms with Crippen LogP contribution in [-0.2, 0) is 4.79 Å². The van der Waals surface area contributed by atoms with Gasteiger partial charge in [0.15, 0.2) is 0 Å². The Labute approximate surface area is 87.0 Å². The van der Waals surface area contributed by atoms with E-state index >= 15 is 0 Å². The molecule has 14 heavy (non-hydrogen) atoms. The molecule has 0 aliphatic rings. The second-order valence-electron chi connectivity index (χ2n) is 3.65. The van der Waals surface area contributed by atoms with Crippen molar-refractivity contribution in [3.63, 3.8) is 0 Å². The third-order valence-electron chi connectivity index (χ3n) is 2.14. The molecular weight excluding hydrogens is 176 g/mol. The summed E-state index contributed by atoms with van der Waals surface area (Å²) in [5.41, 5.74) is 1.13. The van der Waals surface area contributed by atoms with Crippen molar-refractivity contribution in [1.82, 2.24) is 5.32 Å². The molecule has 3 nitrogen and oxygen atoms in total. The number of nitrogens with zero attached hydrogens (tertiary/aromatic N) is 1. The lowest BCUT2D eigenvalue weighted by molar-refractivity contribution is -0.117. The molecule has 0 amide bonds. The van der Waals surface area contributed by atoms with E-state index in [1.165, 1.54) is 0 Å². The molecule has 82 valence electrons. The summed E-state index contributed by atoms with van der Waals surface area (Å²) in [6.45, 7) is 5.57. The molecule has 0 aliphatic heterocycles. The van der Waals surface area contributed by atoms with Gasteiger partial charge >= 0.3 is 0 Å². The number of Topliss-reactive ketones (excluding diaryl/α,β-unsaturated/α-hetero) is 1. The zero-order valence-corrected chi connectivity index (χ0v) is 9.60. The number of hydrogen-bond donors (Lipinski definition) is 1. The first-order valence-corrected chi connectivity index (χ1v) is 5.29. The normalized spacial score (nSPS) is 11.8. The first kappa shape index (κ1) is 13.3. The summed E-state index contributed by atoms with van der Waals surface area (Å²) in [6.07, 6.45) is 4.03. The van der Waals surface area contributed by atoms with Crippen LogP contribution in [0.3, 0.4) is 0 Å². The van der Waals surface area contributed by atoms with Crippen molar-refractivity contribution >= 4 is 11.5 Å². The minimum Gasteiger partial charge on any atom is -0.311 e.